The number of rotatable bonds is 4. The van der Waals surface area contributed by atoms with E-state index in [0.717, 1.165) is 28.3 Å². The highest BCUT2D eigenvalue weighted by Crippen LogP contribution is 2.18. The quantitative estimate of drug-likeness (QED) is 0.801. The van der Waals surface area contributed by atoms with Crippen LogP contribution in [0.4, 0.5) is 0 Å². The summed E-state index contributed by atoms with van der Waals surface area (Å²) in [7, 11) is -3.37. The van der Waals surface area contributed by atoms with Crippen molar-refractivity contribution in [3.8, 4) is 0 Å². The van der Waals surface area contributed by atoms with Crippen molar-refractivity contribution in [2.75, 3.05) is 6.26 Å². The molecule has 1 aromatic carbocycles. The molecule has 0 fully saturated rings. The standard InChI is InChI=1S/C10H13BrO3S/c1-3-8-6-10(11)5-4-9(8)7-14-15(2,12)13/h4-6H,3,7H2,1-2H3. The van der Waals surface area contributed by atoms with Gasteiger partial charge in [-0.1, -0.05) is 28.9 Å². The van der Waals surface area contributed by atoms with Crippen LogP contribution in [0.15, 0.2) is 22.7 Å². The summed E-state index contributed by atoms with van der Waals surface area (Å²) in [5.74, 6) is 0. The second-order valence-corrected chi connectivity index (χ2v) is 5.79. The fraction of sp³-hybridized carbons (Fsp3) is 0.400. The van der Waals surface area contributed by atoms with Gasteiger partial charge in [0.25, 0.3) is 10.1 Å². The lowest BCUT2D eigenvalue weighted by Crippen LogP contribution is -2.04. The van der Waals surface area contributed by atoms with Crippen molar-refractivity contribution < 1.29 is 12.6 Å². The lowest BCUT2D eigenvalue weighted by molar-refractivity contribution is 0.310. The van der Waals surface area contributed by atoms with Crippen molar-refractivity contribution >= 4 is 26.0 Å². The molecule has 0 radical (unpaired) electrons. The minimum absolute atomic E-state index is 0.106. The molecule has 0 N–H and O–H groups in total. The molecule has 0 unspecified atom stereocenters. The van der Waals surface area contributed by atoms with E-state index in [1.165, 1.54) is 0 Å². The van der Waals surface area contributed by atoms with E-state index in [1.807, 2.05) is 25.1 Å². The van der Waals surface area contributed by atoms with Crippen molar-refractivity contribution in [2.45, 2.75) is 20.0 Å². The third-order valence-corrected chi connectivity index (χ3v) is 3.02. The summed E-state index contributed by atoms with van der Waals surface area (Å²) >= 11 is 3.37. The zero-order chi connectivity index (χ0) is 11.5. The van der Waals surface area contributed by atoms with Crippen LogP contribution >= 0.6 is 15.9 Å². The van der Waals surface area contributed by atoms with Crippen LogP contribution in [0, 0.1) is 0 Å². The average Bonchev–Trinajstić information content (AvgIpc) is 2.14. The van der Waals surface area contributed by atoms with E-state index in [2.05, 4.69) is 15.9 Å². The third-order valence-electron chi connectivity index (χ3n) is 1.98. The lowest BCUT2D eigenvalue weighted by Gasteiger charge is -2.07. The highest BCUT2D eigenvalue weighted by molar-refractivity contribution is 9.10. The normalized spacial score (nSPS) is 11.7. The van der Waals surface area contributed by atoms with E-state index < -0.39 is 10.1 Å². The Labute approximate surface area is 98.7 Å². The van der Waals surface area contributed by atoms with Crippen LogP contribution in [-0.4, -0.2) is 14.7 Å². The Bertz CT molecular complexity index is 440. The fourth-order valence-corrected chi connectivity index (χ4v) is 1.98. The molecule has 0 aliphatic heterocycles. The monoisotopic (exact) mass is 292 g/mol. The van der Waals surface area contributed by atoms with Gasteiger partial charge in [0.05, 0.1) is 12.9 Å². The van der Waals surface area contributed by atoms with Crippen LogP contribution in [0.2, 0.25) is 0 Å². The minimum atomic E-state index is -3.37. The molecule has 1 rings (SSSR count). The fourth-order valence-electron chi connectivity index (χ4n) is 1.23. The summed E-state index contributed by atoms with van der Waals surface area (Å²) in [6.45, 7) is 2.13. The Balaban J connectivity index is 2.85. The molecule has 0 atom stereocenters. The van der Waals surface area contributed by atoms with Crippen molar-refractivity contribution in [1.29, 1.82) is 0 Å². The van der Waals surface area contributed by atoms with Gasteiger partial charge in [-0.2, -0.15) is 8.42 Å². The zero-order valence-electron chi connectivity index (χ0n) is 8.66. The maximum Gasteiger partial charge on any atom is 0.264 e. The molecule has 0 saturated carbocycles. The van der Waals surface area contributed by atoms with E-state index >= 15 is 0 Å². The number of hydrogen-bond donors (Lipinski definition) is 0. The molecule has 1 aromatic rings. The van der Waals surface area contributed by atoms with E-state index in [4.69, 9.17) is 4.18 Å². The minimum Gasteiger partial charge on any atom is -0.265 e. The number of halogens is 1. The van der Waals surface area contributed by atoms with E-state index in [-0.39, 0.29) is 6.61 Å². The van der Waals surface area contributed by atoms with E-state index in [1.54, 1.807) is 0 Å². The van der Waals surface area contributed by atoms with Gasteiger partial charge in [-0.25, -0.2) is 0 Å². The summed E-state index contributed by atoms with van der Waals surface area (Å²) in [6, 6.07) is 5.72. The van der Waals surface area contributed by atoms with Crippen molar-refractivity contribution in [3.63, 3.8) is 0 Å². The first kappa shape index (κ1) is 12.7. The predicted molar refractivity (Wildman–Crippen MR) is 63.2 cm³/mol. The molecule has 15 heavy (non-hydrogen) atoms. The first-order valence-corrected chi connectivity index (χ1v) is 7.15. The Morgan fingerprint density at radius 1 is 1.33 bits per heavy atom. The Hall–Kier alpha value is -0.390. The van der Waals surface area contributed by atoms with Crippen LogP contribution in [-0.2, 0) is 27.3 Å². The molecule has 0 bridgehead atoms. The SMILES string of the molecule is CCc1cc(Br)ccc1COS(C)(=O)=O. The molecule has 5 heteroatoms. The first-order chi connectivity index (χ1) is 6.92. The van der Waals surface area contributed by atoms with Gasteiger partial charge in [0.1, 0.15) is 0 Å². The van der Waals surface area contributed by atoms with E-state index in [0.29, 0.717) is 0 Å². The predicted octanol–water partition coefficient (Wildman–Crippen LogP) is 2.49. The summed E-state index contributed by atoms with van der Waals surface area (Å²) in [4.78, 5) is 0. The van der Waals surface area contributed by atoms with Gasteiger partial charge in [-0.05, 0) is 29.7 Å². The molecule has 0 aliphatic rings. The number of hydrogen-bond acceptors (Lipinski definition) is 3. The first-order valence-electron chi connectivity index (χ1n) is 4.54. The van der Waals surface area contributed by atoms with Gasteiger partial charge >= 0.3 is 0 Å². The molecule has 0 spiro atoms. The average molecular weight is 293 g/mol. The second kappa shape index (κ2) is 5.09. The topological polar surface area (TPSA) is 43.4 Å². The molecule has 0 heterocycles. The van der Waals surface area contributed by atoms with E-state index in [9.17, 15) is 8.42 Å². The Morgan fingerprint density at radius 2 is 2.00 bits per heavy atom. The van der Waals surface area contributed by atoms with Crippen LogP contribution in [0.5, 0.6) is 0 Å². The van der Waals surface area contributed by atoms with Gasteiger partial charge < -0.3 is 0 Å². The van der Waals surface area contributed by atoms with Gasteiger partial charge in [-0.3, -0.25) is 4.18 Å². The van der Waals surface area contributed by atoms with Crippen molar-refractivity contribution in [3.05, 3.63) is 33.8 Å². The maximum atomic E-state index is 10.8. The van der Waals surface area contributed by atoms with Gasteiger partial charge in [0, 0.05) is 4.47 Å². The summed E-state index contributed by atoms with van der Waals surface area (Å²) in [5, 5.41) is 0. The zero-order valence-corrected chi connectivity index (χ0v) is 11.1. The van der Waals surface area contributed by atoms with Crippen LogP contribution in [0.1, 0.15) is 18.1 Å². The number of benzene rings is 1. The summed E-state index contributed by atoms with van der Waals surface area (Å²) < 4.78 is 27.4. The summed E-state index contributed by atoms with van der Waals surface area (Å²) in [6.07, 6.45) is 1.90. The Kier molecular flexibility index (Phi) is 4.31. The molecule has 84 valence electrons. The van der Waals surface area contributed by atoms with Crippen LogP contribution in [0.3, 0.4) is 0 Å². The van der Waals surface area contributed by atoms with Gasteiger partial charge in [0.2, 0.25) is 0 Å². The van der Waals surface area contributed by atoms with Crippen molar-refractivity contribution in [1.82, 2.24) is 0 Å². The largest absolute Gasteiger partial charge is 0.265 e. The summed E-state index contributed by atoms with van der Waals surface area (Å²) in [5.41, 5.74) is 2.00. The van der Waals surface area contributed by atoms with Gasteiger partial charge in [0.15, 0.2) is 0 Å². The number of aryl methyl sites for hydroxylation is 1. The second-order valence-electron chi connectivity index (χ2n) is 3.23. The van der Waals surface area contributed by atoms with Crippen LogP contribution in [0.25, 0.3) is 0 Å². The maximum absolute atomic E-state index is 10.8. The molecule has 0 aromatic heterocycles. The molecule has 0 amide bonds. The Morgan fingerprint density at radius 3 is 2.53 bits per heavy atom. The third kappa shape index (κ3) is 4.32. The highest BCUT2D eigenvalue weighted by Gasteiger charge is 2.06. The lowest BCUT2D eigenvalue weighted by atomic mass is 10.1. The highest BCUT2D eigenvalue weighted by atomic mass is 79.9. The molecular formula is C10H13BrO3S. The van der Waals surface area contributed by atoms with Gasteiger partial charge in [-0.15, -0.1) is 0 Å². The molecule has 0 aliphatic carbocycles. The molecule has 3 nitrogen and oxygen atoms in total. The smallest absolute Gasteiger partial charge is 0.264 e. The molecular weight excluding hydrogens is 280 g/mol. The van der Waals surface area contributed by atoms with Crippen LogP contribution < -0.4 is 0 Å². The van der Waals surface area contributed by atoms with Crippen molar-refractivity contribution in [2.24, 2.45) is 0 Å². The molecule has 0 saturated heterocycles.